The Morgan fingerprint density at radius 3 is 2.45 bits per heavy atom. The fourth-order valence-electron chi connectivity index (χ4n) is 3.07. The van der Waals surface area contributed by atoms with Gasteiger partial charge in [-0.25, -0.2) is 19.5 Å². The number of nitrogens with two attached hydrogens (primary N) is 1. The van der Waals surface area contributed by atoms with Crippen LogP contribution in [0.1, 0.15) is 40.5 Å². The second-order valence-corrected chi connectivity index (χ2v) is 11.6. The van der Waals surface area contributed by atoms with Crippen LogP contribution in [0.25, 0.3) is 11.2 Å². The molecule has 0 amide bonds. The van der Waals surface area contributed by atoms with Crippen LogP contribution in [0, 0.1) is 5.41 Å². The number of esters is 3. The van der Waals surface area contributed by atoms with E-state index in [9.17, 15) is 18.9 Å². The lowest BCUT2D eigenvalue weighted by atomic mass is 9.97. The van der Waals surface area contributed by atoms with E-state index in [0.717, 1.165) is 0 Å². The lowest BCUT2D eigenvalue weighted by molar-refractivity contribution is -0.167. The van der Waals surface area contributed by atoms with Gasteiger partial charge in [-0.2, -0.15) is 0 Å². The first-order valence-corrected chi connectivity index (χ1v) is 14.0. The van der Waals surface area contributed by atoms with Gasteiger partial charge in [0, 0.05) is 0 Å². The van der Waals surface area contributed by atoms with Gasteiger partial charge in [-0.15, -0.1) is 0 Å². The molecule has 2 atom stereocenters. The average Bonchev–Trinajstić information content (AvgIpc) is 3.30. The number of aromatic nitrogens is 4. The summed E-state index contributed by atoms with van der Waals surface area (Å²) in [5.41, 5.74) is 5.93. The standard InChI is InChI=1S/C25H32N5O9P/c1-17(12-30-14-29-21-22(26)27-13-28-23(21)30)36-16-40(34,39-18-8-6-5-7-9-18)37-15-35-19(31)10-11-20(32)38-24(33)25(2,3)4/h5-9,13-14,17H,10-12,15-16H2,1-4H3,(H2,26,27,28). The van der Waals surface area contributed by atoms with Crippen molar-refractivity contribution in [1.29, 1.82) is 0 Å². The number of ether oxygens (including phenoxy) is 3. The molecule has 40 heavy (non-hydrogen) atoms. The summed E-state index contributed by atoms with van der Waals surface area (Å²) in [5, 5.41) is 0. The predicted molar refractivity (Wildman–Crippen MR) is 142 cm³/mol. The normalized spacial score (nSPS) is 13.8. The molecule has 3 rings (SSSR count). The lowest BCUT2D eigenvalue weighted by Crippen LogP contribution is -2.26. The first-order chi connectivity index (χ1) is 18.9. The zero-order valence-electron chi connectivity index (χ0n) is 22.6. The van der Waals surface area contributed by atoms with Crippen LogP contribution in [-0.4, -0.2) is 56.7 Å². The Labute approximate surface area is 230 Å². The van der Waals surface area contributed by atoms with Crippen molar-refractivity contribution in [2.24, 2.45) is 5.41 Å². The first kappa shape index (κ1) is 30.7. The van der Waals surface area contributed by atoms with E-state index in [1.54, 1.807) is 68.9 Å². The summed E-state index contributed by atoms with van der Waals surface area (Å²) in [6.45, 7) is 6.10. The topological polar surface area (TPSA) is 184 Å². The Hall–Kier alpha value is -3.87. The molecule has 216 valence electrons. The molecule has 0 radical (unpaired) electrons. The van der Waals surface area contributed by atoms with Crippen molar-refractivity contribution in [2.75, 3.05) is 18.9 Å². The average molecular weight is 578 g/mol. The Balaban J connectivity index is 1.54. The SMILES string of the molecule is CC(Cn1cnc2c(N)ncnc21)OCP(=O)(OCOC(=O)CCC(=O)OC(=O)C(C)(C)C)Oc1ccccc1. The minimum atomic E-state index is -3.98. The number of hydrogen-bond donors (Lipinski definition) is 1. The molecular weight excluding hydrogens is 545 g/mol. The van der Waals surface area contributed by atoms with Gasteiger partial charge >= 0.3 is 25.5 Å². The van der Waals surface area contributed by atoms with Gasteiger partial charge in [0.2, 0.25) is 6.79 Å². The minimum absolute atomic E-state index is 0.247. The highest BCUT2D eigenvalue weighted by Gasteiger charge is 2.30. The largest absolute Gasteiger partial charge is 0.438 e. The summed E-state index contributed by atoms with van der Waals surface area (Å²) in [6, 6.07) is 8.29. The van der Waals surface area contributed by atoms with Crippen molar-refractivity contribution in [2.45, 2.75) is 53.2 Å². The van der Waals surface area contributed by atoms with Crippen molar-refractivity contribution >= 4 is 42.5 Å². The maximum atomic E-state index is 13.5. The highest BCUT2D eigenvalue weighted by molar-refractivity contribution is 7.54. The van der Waals surface area contributed by atoms with E-state index in [0.29, 0.717) is 17.7 Å². The van der Waals surface area contributed by atoms with E-state index in [-0.39, 0.29) is 24.4 Å². The Kier molecular flexibility index (Phi) is 10.3. The van der Waals surface area contributed by atoms with Gasteiger partial charge in [0.05, 0.1) is 37.2 Å². The van der Waals surface area contributed by atoms with E-state index in [2.05, 4.69) is 15.0 Å². The van der Waals surface area contributed by atoms with Crippen LogP contribution in [0.15, 0.2) is 43.0 Å². The zero-order chi connectivity index (χ0) is 29.3. The van der Waals surface area contributed by atoms with Gasteiger partial charge in [-0.3, -0.25) is 18.9 Å². The number of anilines is 1. The maximum absolute atomic E-state index is 13.5. The second-order valence-electron chi connectivity index (χ2n) is 9.72. The molecule has 0 fully saturated rings. The molecule has 0 bridgehead atoms. The van der Waals surface area contributed by atoms with E-state index >= 15 is 0 Å². The highest BCUT2D eigenvalue weighted by atomic mass is 31.2. The molecule has 0 aliphatic heterocycles. The van der Waals surface area contributed by atoms with Crippen LogP contribution in [0.2, 0.25) is 0 Å². The van der Waals surface area contributed by atoms with Crippen molar-refractivity contribution in [1.82, 2.24) is 19.5 Å². The lowest BCUT2D eigenvalue weighted by Gasteiger charge is -2.21. The zero-order valence-corrected chi connectivity index (χ0v) is 23.5. The van der Waals surface area contributed by atoms with Crippen LogP contribution in [0.5, 0.6) is 5.75 Å². The summed E-state index contributed by atoms with van der Waals surface area (Å²) in [5.74, 6) is -1.89. The first-order valence-electron chi connectivity index (χ1n) is 12.3. The number of carbonyl (C=O) groups is 3. The van der Waals surface area contributed by atoms with Crippen LogP contribution in [0.3, 0.4) is 0 Å². The highest BCUT2D eigenvalue weighted by Crippen LogP contribution is 2.48. The van der Waals surface area contributed by atoms with Crippen molar-refractivity contribution in [3.8, 4) is 5.75 Å². The molecular formula is C25H32N5O9P. The number of benzene rings is 1. The van der Waals surface area contributed by atoms with Gasteiger partial charge in [0.25, 0.3) is 0 Å². The Morgan fingerprint density at radius 1 is 1.05 bits per heavy atom. The number of nitrogens with zero attached hydrogens (tertiary/aromatic N) is 4. The number of rotatable bonds is 13. The summed E-state index contributed by atoms with van der Waals surface area (Å²) < 4.78 is 41.5. The third-order valence-corrected chi connectivity index (χ3v) is 6.66. The molecule has 0 saturated carbocycles. The molecule has 2 N–H and O–H groups in total. The number of fused-ring (bicyclic) bond motifs is 1. The van der Waals surface area contributed by atoms with E-state index < -0.39 is 50.2 Å². The van der Waals surface area contributed by atoms with Crippen LogP contribution in [0.4, 0.5) is 5.82 Å². The predicted octanol–water partition coefficient (Wildman–Crippen LogP) is 3.46. The number of carbonyl (C=O) groups excluding carboxylic acids is 3. The molecule has 0 aliphatic carbocycles. The van der Waals surface area contributed by atoms with E-state index in [1.165, 1.54) is 6.33 Å². The molecule has 2 unspecified atom stereocenters. The minimum Gasteiger partial charge on any atom is -0.438 e. The van der Waals surface area contributed by atoms with Gasteiger partial charge in [-0.1, -0.05) is 18.2 Å². The van der Waals surface area contributed by atoms with Crippen LogP contribution < -0.4 is 10.3 Å². The Morgan fingerprint density at radius 2 is 1.75 bits per heavy atom. The summed E-state index contributed by atoms with van der Waals surface area (Å²) in [6.07, 6.45) is 1.16. The van der Waals surface area contributed by atoms with Crippen LogP contribution >= 0.6 is 7.60 Å². The molecule has 15 heteroatoms. The maximum Gasteiger partial charge on any atom is 0.407 e. The molecule has 2 aromatic heterocycles. The summed E-state index contributed by atoms with van der Waals surface area (Å²) in [7, 11) is -3.98. The third kappa shape index (κ3) is 9.11. The third-order valence-electron chi connectivity index (χ3n) is 5.21. The number of para-hydroxylation sites is 1. The van der Waals surface area contributed by atoms with Crippen molar-refractivity contribution in [3.05, 3.63) is 43.0 Å². The van der Waals surface area contributed by atoms with E-state index in [1.807, 2.05) is 0 Å². The second kappa shape index (κ2) is 13.5. The fourth-order valence-corrected chi connectivity index (χ4v) is 4.34. The number of hydrogen-bond acceptors (Lipinski definition) is 13. The van der Waals surface area contributed by atoms with Gasteiger partial charge < -0.3 is 29.0 Å². The van der Waals surface area contributed by atoms with Crippen molar-refractivity contribution in [3.63, 3.8) is 0 Å². The quantitative estimate of drug-likeness (QED) is 0.135. The molecule has 0 aliphatic rings. The molecule has 3 aromatic rings. The van der Waals surface area contributed by atoms with Crippen molar-refractivity contribution < 1.29 is 42.2 Å². The molecule has 2 heterocycles. The monoisotopic (exact) mass is 577 g/mol. The number of imidazole rings is 1. The molecule has 14 nitrogen and oxygen atoms in total. The molecule has 0 spiro atoms. The molecule has 1 aromatic carbocycles. The Bertz CT molecular complexity index is 1370. The summed E-state index contributed by atoms with van der Waals surface area (Å²) >= 11 is 0. The fraction of sp³-hybridized carbons (Fsp3) is 0.440. The number of nitrogen functional groups attached to an aromatic ring is 1. The van der Waals surface area contributed by atoms with Gasteiger partial charge in [0.15, 0.2) is 17.8 Å². The smallest absolute Gasteiger partial charge is 0.407 e. The summed E-state index contributed by atoms with van der Waals surface area (Å²) in [4.78, 5) is 47.9. The molecule has 0 saturated heterocycles. The van der Waals surface area contributed by atoms with E-state index in [4.69, 9.17) is 29.0 Å². The van der Waals surface area contributed by atoms with Crippen LogP contribution in [-0.2, 0) is 44.2 Å². The van der Waals surface area contributed by atoms with Gasteiger partial charge in [-0.05, 0) is 39.8 Å². The van der Waals surface area contributed by atoms with Gasteiger partial charge in [0.1, 0.15) is 17.6 Å².